The van der Waals surface area contributed by atoms with E-state index >= 15 is 4.39 Å². The predicted octanol–water partition coefficient (Wildman–Crippen LogP) is 1.47. The van der Waals surface area contributed by atoms with E-state index in [9.17, 15) is 43.2 Å². The van der Waals surface area contributed by atoms with Crippen LogP contribution in [0.1, 0.15) is 47.4 Å². The summed E-state index contributed by atoms with van der Waals surface area (Å²) in [5.74, 6) is -9.76. The van der Waals surface area contributed by atoms with E-state index in [1.807, 2.05) is 22.9 Å². The molecule has 1 saturated heterocycles. The van der Waals surface area contributed by atoms with Gasteiger partial charge in [0.05, 0.1) is 17.9 Å². The second-order valence-electron chi connectivity index (χ2n) is 12.6. The Balaban J connectivity index is 1.35. The molecular weight excluding hydrogens is 621 g/mol. The molecule has 2 aromatic rings. The second-order valence-corrected chi connectivity index (χ2v) is 14.4. The Morgan fingerprint density at radius 1 is 1.11 bits per heavy atom. The van der Waals surface area contributed by atoms with Gasteiger partial charge in [0.2, 0.25) is 15.8 Å². The molecule has 12 nitrogen and oxygen atoms in total. The molecule has 7 N–H and O–H groups in total. The number of ketones is 2. The van der Waals surface area contributed by atoms with E-state index in [1.54, 1.807) is 0 Å². The zero-order valence-electron chi connectivity index (χ0n) is 24.9. The Hall–Kier alpha value is -4.11. The topological polar surface area (TPSA) is 208 Å². The third-order valence-corrected chi connectivity index (χ3v) is 10.5. The highest BCUT2D eigenvalue weighted by Crippen LogP contribution is 2.52. The first-order valence-electron chi connectivity index (χ1n) is 14.9. The molecule has 2 fully saturated rings. The van der Waals surface area contributed by atoms with Gasteiger partial charge in [-0.2, -0.15) is 0 Å². The van der Waals surface area contributed by atoms with Crippen LogP contribution in [0.4, 0.5) is 4.39 Å². The van der Waals surface area contributed by atoms with Crippen molar-refractivity contribution in [3.63, 3.8) is 0 Å². The normalized spacial score (nSPS) is 27.3. The lowest BCUT2D eigenvalue weighted by Gasteiger charge is -2.48. The summed E-state index contributed by atoms with van der Waals surface area (Å²) >= 11 is 0. The summed E-state index contributed by atoms with van der Waals surface area (Å²) in [6.07, 6.45) is 1.83. The summed E-state index contributed by atoms with van der Waals surface area (Å²) < 4.78 is 42.6. The van der Waals surface area contributed by atoms with Gasteiger partial charge < -0.3 is 26.2 Å². The van der Waals surface area contributed by atoms with Crippen molar-refractivity contribution in [1.29, 1.82) is 0 Å². The first-order valence-corrected chi connectivity index (χ1v) is 16.8. The number of halogens is 1. The number of fused-ring (bicyclic) bond motifs is 3. The third kappa shape index (κ3) is 5.09. The van der Waals surface area contributed by atoms with Crippen LogP contribution in [0.3, 0.4) is 0 Å². The highest BCUT2D eigenvalue weighted by atomic mass is 32.2. The number of nitrogens with one attached hydrogen (secondary N) is 1. The van der Waals surface area contributed by atoms with E-state index in [0.717, 1.165) is 19.1 Å². The predicted molar refractivity (Wildman–Crippen MR) is 162 cm³/mol. The number of carbonyl (C=O) groups excluding carboxylic acids is 3. The van der Waals surface area contributed by atoms with Crippen LogP contribution in [0.15, 0.2) is 53.3 Å². The first-order chi connectivity index (χ1) is 21.6. The molecule has 0 spiro atoms. The Morgan fingerprint density at radius 3 is 2.37 bits per heavy atom. The average Bonchev–Trinajstić information content (AvgIpc) is 2.99. The molecule has 1 amide bonds. The summed E-state index contributed by atoms with van der Waals surface area (Å²) in [5, 5.41) is 44.8. The molecule has 0 radical (unpaired) electrons. The number of benzene rings is 2. The number of nitrogens with two attached hydrogens (primary N) is 1. The van der Waals surface area contributed by atoms with Crippen molar-refractivity contribution in [2.45, 2.75) is 49.8 Å². The number of hydrogen-bond donors (Lipinski definition) is 6. The number of rotatable bonds is 6. The summed E-state index contributed by atoms with van der Waals surface area (Å²) in [7, 11) is -4.17. The number of aliphatic hydroxyl groups excluding tert-OH is 2. The summed E-state index contributed by atoms with van der Waals surface area (Å²) in [5.41, 5.74) is 1.61. The number of amides is 1. The van der Waals surface area contributed by atoms with Gasteiger partial charge in [-0.25, -0.2) is 17.5 Å². The van der Waals surface area contributed by atoms with Gasteiger partial charge in [0.25, 0.3) is 5.91 Å². The van der Waals surface area contributed by atoms with E-state index in [4.69, 9.17) is 5.73 Å². The number of primary amides is 1. The van der Waals surface area contributed by atoms with E-state index in [1.165, 1.54) is 11.6 Å². The number of sulfonamides is 1. The van der Waals surface area contributed by atoms with Crippen molar-refractivity contribution in [1.82, 2.24) is 9.62 Å². The molecule has 2 aromatic carbocycles. The highest BCUT2D eigenvalue weighted by molar-refractivity contribution is 7.88. The van der Waals surface area contributed by atoms with Crippen LogP contribution in [0.5, 0.6) is 5.75 Å². The van der Waals surface area contributed by atoms with Crippen LogP contribution >= 0.6 is 0 Å². The van der Waals surface area contributed by atoms with Crippen molar-refractivity contribution >= 4 is 33.3 Å². The van der Waals surface area contributed by atoms with Gasteiger partial charge in [-0.05, 0) is 62.2 Å². The van der Waals surface area contributed by atoms with E-state index in [2.05, 4.69) is 17.0 Å². The fraction of sp³-hybridized carbons (Fsp3) is 0.406. The standard InChI is InChI=1S/C32H34FN3O9S/c1-46(44,45)35-26-20-12-17-11-19-23(27(38)22(17)29(40)32(20,43)30(41)24(28(26)39)31(34)42)21(37)13-18(25(19)33)14-36-9-7-16(8-10-36)15-5-3-2-4-6-15/h2-6,13,16-17,20,26,35,37-38,41,43H,7-12,14H2,1H3,(H2,34,42)/t17-,20-,26-,32-/m0/s1. The SMILES string of the molecule is CS(=O)(=O)N[C@@H]1C(=O)C(C(N)=O)=C(O)[C@@]2(O)C(=O)C3=C(O)c4c(O)cc(CN5CCC(c6ccccc6)CC5)c(F)c4C[C@H]3C[C@@H]12. The number of carbonyl (C=O) groups is 3. The van der Waals surface area contributed by atoms with Crippen LogP contribution in [-0.4, -0.2) is 82.2 Å². The number of likely N-dealkylation sites (tertiary alicyclic amines) is 1. The molecule has 6 rings (SSSR count). The molecule has 1 aliphatic heterocycles. The zero-order chi connectivity index (χ0) is 33.3. The van der Waals surface area contributed by atoms with Gasteiger partial charge in [-0.1, -0.05) is 30.3 Å². The second kappa shape index (κ2) is 11.3. The van der Waals surface area contributed by atoms with Gasteiger partial charge in [-0.3, -0.25) is 19.3 Å². The summed E-state index contributed by atoms with van der Waals surface area (Å²) in [6.45, 7) is 1.56. The molecule has 46 heavy (non-hydrogen) atoms. The molecule has 4 aliphatic rings. The molecule has 0 aromatic heterocycles. The number of hydrogen-bond acceptors (Lipinski definition) is 10. The molecule has 14 heteroatoms. The lowest BCUT2D eigenvalue weighted by atomic mass is 9.58. The van der Waals surface area contributed by atoms with E-state index < -0.39 is 85.2 Å². The average molecular weight is 656 g/mol. The molecule has 1 saturated carbocycles. The largest absolute Gasteiger partial charge is 0.508 e. The van der Waals surface area contributed by atoms with E-state index in [0.29, 0.717) is 19.0 Å². The van der Waals surface area contributed by atoms with Crippen LogP contribution < -0.4 is 10.5 Å². The Morgan fingerprint density at radius 2 is 1.76 bits per heavy atom. The van der Waals surface area contributed by atoms with Gasteiger partial charge in [0.15, 0.2) is 11.4 Å². The molecule has 0 bridgehead atoms. The van der Waals surface area contributed by atoms with Crippen LogP contribution in [0.25, 0.3) is 5.76 Å². The summed E-state index contributed by atoms with van der Waals surface area (Å²) in [4.78, 5) is 41.3. The highest BCUT2D eigenvalue weighted by Gasteiger charge is 2.64. The maximum Gasteiger partial charge on any atom is 0.255 e. The monoisotopic (exact) mass is 655 g/mol. The van der Waals surface area contributed by atoms with Crippen molar-refractivity contribution < 1.29 is 47.6 Å². The van der Waals surface area contributed by atoms with Crippen LogP contribution in [-0.2, 0) is 37.4 Å². The Bertz CT molecular complexity index is 1830. The Labute approximate surface area is 264 Å². The molecule has 3 aliphatic carbocycles. The first kappa shape index (κ1) is 31.9. The maximum atomic E-state index is 16.2. The van der Waals surface area contributed by atoms with Crippen molar-refractivity contribution in [3.05, 3.63) is 81.4 Å². The van der Waals surface area contributed by atoms with Gasteiger partial charge >= 0.3 is 0 Å². The molecular formula is C32H34FN3O9S. The zero-order valence-corrected chi connectivity index (χ0v) is 25.7. The van der Waals surface area contributed by atoms with Crippen molar-refractivity contribution in [2.24, 2.45) is 17.6 Å². The number of aromatic hydroxyl groups is 1. The number of phenolic OH excluding ortho intramolecular Hbond substituents is 1. The Kier molecular flexibility index (Phi) is 7.82. The maximum absolute atomic E-state index is 16.2. The molecule has 4 atom stereocenters. The van der Waals surface area contributed by atoms with Gasteiger partial charge in [-0.15, -0.1) is 0 Å². The number of nitrogens with zero attached hydrogens (tertiary/aromatic N) is 1. The third-order valence-electron chi connectivity index (χ3n) is 9.80. The number of aliphatic hydroxyl groups is 3. The minimum Gasteiger partial charge on any atom is -0.508 e. The summed E-state index contributed by atoms with van der Waals surface area (Å²) in [6, 6.07) is 9.43. The number of Topliss-reactive ketones (excluding diaryl/α,β-unsaturated/α-hetero) is 2. The smallest absolute Gasteiger partial charge is 0.255 e. The van der Waals surface area contributed by atoms with Gasteiger partial charge in [0, 0.05) is 29.2 Å². The van der Waals surface area contributed by atoms with Gasteiger partial charge in [0.1, 0.15) is 28.7 Å². The van der Waals surface area contributed by atoms with Crippen LogP contribution in [0, 0.1) is 17.7 Å². The minimum absolute atomic E-state index is 0.0778. The lowest BCUT2D eigenvalue weighted by molar-refractivity contribution is -0.149. The lowest BCUT2D eigenvalue weighted by Crippen LogP contribution is -2.66. The number of piperidine rings is 1. The fourth-order valence-corrected chi connectivity index (χ4v) is 8.38. The number of phenols is 1. The van der Waals surface area contributed by atoms with E-state index in [-0.39, 0.29) is 36.1 Å². The fourth-order valence-electron chi connectivity index (χ4n) is 7.65. The minimum atomic E-state index is -4.17. The quantitative estimate of drug-likeness (QED) is 0.247. The van der Waals surface area contributed by atoms with Crippen LogP contribution in [0.2, 0.25) is 0 Å². The molecule has 0 unspecified atom stereocenters. The van der Waals surface area contributed by atoms with Crippen molar-refractivity contribution in [2.75, 3.05) is 19.3 Å². The molecule has 244 valence electrons. The molecule has 1 heterocycles. The van der Waals surface area contributed by atoms with Crippen molar-refractivity contribution in [3.8, 4) is 5.75 Å².